The third kappa shape index (κ3) is 5.40. The first-order valence-corrected chi connectivity index (χ1v) is 8.46. The van der Waals surface area contributed by atoms with Gasteiger partial charge in [0.2, 0.25) is 5.91 Å². The zero-order valence-corrected chi connectivity index (χ0v) is 15.7. The molecule has 2 rings (SSSR count). The minimum Gasteiger partial charge on any atom is -0.329 e. The van der Waals surface area contributed by atoms with Crippen molar-refractivity contribution in [2.24, 2.45) is 0 Å². The van der Waals surface area contributed by atoms with Gasteiger partial charge in [-0.3, -0.25) is 4.79 Å². The van der Waals surface area contributed by atoms with Gasteiger partial charge in [0, 0.05) is 15.8 Å². The summed E-state index contributed by atoms with van der Waals surface area (Å²) >= 11 is 15.0. The topological polar surface area (TPSA) is 70.2 Å². The van der Waals surface area contributed by atoms with Crippen LogP contribution in [-0.2, 0) is 4.79 Å². The predicted molar refractivity (Wildman–Crippen MR) is 101 cm³/mol. The molecule has 3 amide bonds. The van der Waals surface area contributed by atoms with Crippen molar-refractivity contribution >= 4 is 62.4 Å². The Morgan fingerprint density at radius 2 is 1.79 bits per heavy atom. The van der Waals surface area contributed by atoms with Gasteiger partial charge in [0.05, 0.1) is 16.6 Å². The van der Waals surface area contributed by atoms with Crippen molar-refractivity contribution in [2.75, 3.05) is 17.2 Å². The minimum absolute atomic E-state index is 0.164. The van der Waals surface area contributed by atoms with Crippen molar-refractivity contribution in [3.05, 3.63) is 56.5 Å². The summed E-state index contributed by atoms with van der Waals surface area (Å²) in [7, 11) is 0. The molecule has 0 aromatic heterocycles. The Morgan fingerprint density at radius 1 is 1.04 bits per heavy atom. The summed E-state index contributed by atoms with van der Waals surface area (Å²) in [5, 5.41) is 8.50. The molecule has 24 heavy (non-hydrogen) atoms. The SMILES string of the molecule is Cc1cc(Br)ccc1NC(=O)CNC(=O)Nc1ccc(Cl)c(Cl)c1. The second-order valence-electron chi connectivity index (χ2n) is 4.94. The van der Waals surface area contributed by atoms with Crippen LogP contribution in [-0.4, -0.2) is 18.5 Å². The molecule has 0 aliphatic rings. The number of rotatable bonds is 4. The third-order valence-corrected chi connectivity index (χ3v) is 4.28. The standard InChI is InChI=1S/C16H14BrCl2N3O2/c1-9-6-10(17)2-5-14(9)22-15(23)8-20-16(24)21-11-3-4-12(18)13(19)7-11/h2-7H,8H2,1H3,(H,22,23)(H2,20,21,24). The summed E-state index contributed by atoms with van der Waals surface area (Å²) in [6.45, 7) is 1.72. The monoisotopic (exact) mass is 429 g/mol. The molecule has 0 spiro atoms. The number of carbonyl (C=O) groups is 2. The fourth-order valence-electron chi connectivity index (χ4n) is 1.87. The van der Waals surface area contributed by atoms with Crippen molar-refractivity contribution in [2.45, 2.75) is 6.92 Å². The van der Waals surface area contributed by atoms with Crippen molar-refractivity contribution in [3.63, 3.8) is 0 Å². The lowest BCUT2D eigenvalue weighted by Gasteiger charge is -2.10. The van der Waals surface area contributed by atoms with E-state index in [1.807, 2.05) is 19.1 Å². The molecule has 8 heteroatoms. The largest absolute Gasteiger partial charge is 0.329 e. The number of halogens is 3. The lowest BCUT2D eigenvalue weighted by atomic mass is 10.2. The van der Waals surface area contributed by atoms with E-state index in [4.69, 9.17) is 23.2 Å². The molecule has 0 bridgehead atoms. The Hall–Kier alpha value is -1.76. The number of benzene rings is 2. The van der Waals surface area contributed by atoms with E-state index in [0.29, 0.717) is 21.4 Å². The fraction of sp³-hybridized carbons (Fsp3) is 0.125. The molecule has 0 atom stereocenters. The highest BCUT2D eigenvalue weighted by molar-refractivity contribution is 9.10. The molecular weight excluding hydrogens is 417 g/mol. The molecule has 3 N–H and O–H groups in total. The zero-order valence-electron chi connectivity index (χ0n) is 12.6. The van der Waals surface area contributed by atoms with Gasteiger partial charge in [0.1, 0.15) is 0 Å². The minimum atomic E-state index is -0.518. The summed E-state index contributed by atoms with van der Waals surface area (Å²) in [6.07, 6.45) is 0. The maximum atomic E-state index is 11.9. The van der Waals surface area contributed by atoms with Crippen LogP contribution in [0.1, 0.15) is 5.56 Å². The van der Waals surface area contributed by atoms with Gasteiger partial charge in [-0.25, -0.2) is 4.79 Å². The second-order valence-corrected chi connectivity index (χ2v) is 6.67. The van der Waals surface area contributed by atoms with Gasteiger partial charge in [-0.05, 0) is 48.9 Å². The van der Waals surface area contributed by atoms with Crippen molar-refractivity contribution in [1.29, 1.82) is 0 Å². The highest BCUT2D eigenvalue weighted by Gasteiger charge is 2.08. The zero-order chi connectivity index (χ0) is 17.7. The number of aryl methyl sites for hydroxylation is 1. The molecule has 126 valence electrons. The summed E-state index contributed by atoms with van der Waals surface area (Å²) < 4.78 is 0.928. The summed E-state index contributed by atoms with van der Waals surface area (Å²) in [6, 6.07) is 9.69. The van der Waals surface area contributed by atoms with Crippen LogP contribution in [0.3, 0.4) is 0 Å². The Kier molecular flexibility index (Phi) is 6.48. The van der Waals surface area contributed by atoms with E-state index in [-0.39, 0.29) is 12.5 Å². The average Bonchev–Trinajstić information content (AvgIpc) is 2.52. The number of amides is 3. The van der Waals surface area contributed by atoms with Crippen LogP contribution in [0.25, 0.3) is 0 Å². The van der Waals surface area contributed by atoms with E-state index in [2.05, 4.69) is 31.9 Å². The molecule has 0 radical (unpaired) electrons. The van der Waals surface area contributed by atoms with E-state index in [9.17, 15) is 9.59 Å². The highest BCUT2D eigenvalue weighted by Crippen LogP contribution is 2.25. The van der Waals surface area contributed by atoms with Crippen LogP contribution >= 0.6 is 39.1 Å². The lowest BCUT2D eigenvalue weighted by molar-refractivity contribution is -0.115. The number of anilines is 2. The van der Waals surface area contributed by atoms with Crippen LogP contribution in [0.5, 0.6) is 0 Å². The van der Waals surface area contributed by atoms with Gasteiger partial charge in [-0.15, -0.1) is 0 Å². The first kappa shape index (κ1) is 18.6. The Bertz CT molecular complexity index is 784. The number of carbonyl (C=O) groups excluding carboxylic acids is 2. The Morgan fingerprint density at radius 3 is 2.46 bits per heavy atom. The molecule has 0 heterocycles. The number of hydrogen-bond donors (Lipinski definition) is 3. The molecule has 0 aliphatic carbocycles. The Balaban J connectivity index is 1.84. The predicted octanol–water partition coefficient (Wildman–Crippen LogP) is 4.82. The quantitative estimate of drug-likeness (QED) is 0.650. The number of urea groups is 1. The first-order chi connectivity index (χ1) is 11.3. The second kappa shape index (κ2) is 8.37. The van der Waals surface area contributed by atoms with E-state index in [1.54, 1.807) is 18.2 Å². The van der Waals surface area contributed by atoms with Crippen LogP contribution in [0.2, 0.25) is 10.0 Å². The lowest BCUT2D eigenvalue weighted by Crippen LogP contribution is -2.35. The Labute approximate surface area is 157 Å². The van der Waals surface area contributed by atoms with Crippen molar-refractivity contribution in [1.82, 2.24) is 5.32 Å². The van der Waals surface area contributed by atoms with Gasteiger partial charge in [-0.1, -0.05) is 39.1 Å². The van der Waals surface area contributed by atoms with Gasteiger partial charge in [0.15, 0.2) is 0 Å². The van der Waals surface area contributed by atoms with Crippen LogP contribution < -0.4 is 16.0 Å². The first-order valence-electron chi connectivity index (χ1n) is 6.91. The summed E-state index contributed by atoms with van der Waals surface area (Å²) in [5.41, 5.74) is 2.08. The van der Waals surface area contributed by atoms with Crippen LogP contribution in [0.15, 0.2) is 40.9 Å². The smallest absolute Gasteiger partial charge is 0.319 e. The summed E-state index contributed by atoms with van der Waals surface area (Å²) in [5.74, 6) is -0.329. The average molecular weight is 431 g/mol. The van der Waals surface area contributed by atoms with Crippen LogP contribution in [0.4, 0.5) is 16.2 Å². The highest BCUT2D eigenvalue weighted by atomic mass is 79.9. The number of nitrogens with one attached hydrogen (secondary N) is 3. The fourth-order valence-corrected chi connectivity index (χ4v) is 2.65. The maximum absolute atomic E-state index is 11.9. The molecule has 0 aliphatic heterocycles. The van der Waals surface area contributed by atoms with Crippen molar-refractivity contribution in [3.8, 4) is 0 Å². The van der Waals surface area contributed by atoms with Gasteiger partial charge in [-0.2, -0.15) is 0 Å². The van der Waals surface area contributed by atoms with Gasteiger partial charge < -0.3 is 16.0 Å². The summed E-state index contributed by atoms with van der Waals surface area (Å²) in [4.78, 5) is 23.7. The van der Waals surface area contributed by atoms with Gasteiger partial charge in [0.25, 0.3) is 0 Å². The molecule has 0 unspecified atom stereocenters. The van der Waals surface area contributed by atoms with Crippen molar-refractivity contribution < 1.29 is 9.59 Å². The molecule has 0 saturated heterocycles. The molecule has 2 aromatic carbocycles. The molecular formula is C16H14BrCl2N3O2. The van der Waals surface area contributed by atoms with E-state index in [1.165, 1.54) is 6.07 Å². The normalized spacial score (nSPS) is 10.2. The third-order valence-electron chi connectivity index (χ3n) is 3.05. The molecule has 5 nitrogen and oxygen atoms in total. The maximum Gasteiger partial charge on any atom is 0.319 e. The molecule has 2 aromatic rings. The van der Waals surface area contributed by atoms with E-state index in [0.717, 1.165) is 10.0 Å². The van der Waals surface area contributed by atoms with E-state index < -0.39 is 6.03 Å². The molecule has 0 fully saturated rings. The molecule has 0 saturated carbocycles. The van der Waals surface area contributed by atoms with Crippen LogP contribution in [0, 0.1) is 6.92 Å². The van der Waals surface area contributed by atoms with Gasteiger partial charge >= 0.3 is 6.03 Å². The number of hydrogen-bond acceptors (Lipinski definition) is 2. The van der Waals surface area contributed by atoms with E-state index >= 15 is 0 Å².